The van der Waals surface area contributed by atoms with Gasteiger partial charge in [-0.2, -0.15) is 0 Å². The van der Waals surface area contributed by atoms with E-state index in [1.54, 1.807) is 6.26 Å². The zero-order chi connectivity index (χ0) is 12.5. The van der Waals surface area contributed by atoms with E-state index in [1.165, 1.54) is 7.11 Å². The van der Waals surface area contributed by atoms with Crippen LogP contribution in [0.25, 0.3) is 11.0 Å². The first-order valence-corrected chi connectivity index (χ1v) is 5.58. The number of benzene rings is 1. The molecule has 2 aromatic rings. The summed E-state index contributed by atoms with van der Waals surface area (Å²) in [4.78, 5) is 11.6. The van der Waals surface area contributed by atoms with Gasteiger partial charge in [-0.1, -0.05) is 18.2 Å². The Balaban J connectivity index is 2.33. The number of para-hydroxylation sites is 1. The molecular weight excluding hydrogens is 216 g/mol. The lowest BCUT2D eigenvalue weighted by Crippen LogP contribution is -2.27. The average Bonchev–Trinajstić information content (AvgIpc) is 2.71. The van der Waals surface area contributed by atoms with Gasteiger partial charge in [0.25, 0.3) is 0 Å². The summed E-state index contributed by atoms with van der Waals surface area (Å²) in [5, 5.41) is 1.06. The van der Waals surface area contributed by atoms with Gasteiger partial charge < -0.3 is 9.15 Å². The van der Waals surface area contributed by atoms with Crippen molar-refractivity contribution in [3.8, 4) is 0 Å². The van der Waals surface area contributed by atoms with Gasteiger partial charge in [-0.05, 0) is 31.9 Å². The second-order valence-electron chi connectivity index (χ2n) is 4.81. The Bertz CT molecular complexity index is 537. The zero-order valence-corrected chi connectivity index (χ0v) is 10.3. The van der Waals surface area contributed by atoms with Crippen LogP contribution in [-0.2, 0) is 16.0 Å². The van der Waals surface area contributed by atoms with Gasteiger partial charge in [0, 0.05) is 5.39 Å². The van der Waals surface area contributed by atoms with Gasteiger partial charge in [-0.3, -0.25) is 4.79 Å². The topological polar surface area (TPSA) is 39.4 Å². The third-order valence-electron chi connectivity index (χ3n) is 2.93. The molecule has 0 amide bonds. The normalized spacial score (nSPS) is 11.7. The van der Waals surface area contributed by atoms with E-state index in [4.69, 9.17) is 9.15 Å². The Morgan fingerprint density at radius 2 is 2.06 bits per heavy atom. The molecule has 1 heterocycles. The highest BCUT2D eigenvalue weighted by atomic mass is 16.5. The molecule has 0 atom stereocenters. The Kier molecular flexibility index (Phi) is 2.92. The number of ether oxygens (including phenoxy) is 1. The standard InChI is InChI=1S/C14H16O3/c1-14(2,13(15)16-3)8-10-9-17-12-7-5-4-6-11(10)12/h4-7,9H,8H2,1-3H3. The molecule has 0 saturated heterocycles. The van der Waals surface area contributed by atoms with Crippen molar-refractivity contribution in [3.05, 3.63) is 36.1 Å². The van der Waals surface area contributed by atoms with Crippen LogP contribution in [0.3, 0.4) is 0 Å². The number of hydrogen-bond donors (Lipinski definition) is 0. The van der Waals surface area contributed by atoms with Crippen LogP contribution < -0.4 is 0 Å². The summed E-state index contributed by atoms with van der Waals surface area (Å²) in [5.41, 5.74) is 1.35. The van der Waals surface area contributed by atoms with E-state index in [0.717, 1.165) is 16.5 Å². The number of methoxy groups -OCH3 is 1. The molecule has 0 unspecified atom stereocenters. The maximum atomic E-state index is 11.6. The van der Waals surface area contributed by atoms with Crippen molar-refractivity contribution in [1.29, 1.82) is 0 Å². The smallest absolute Gasteiger partial charge is 0.311 e. The highest BCUT2D eigenvalue weighted by molar-refractivity contribution is 5.82. The van der Waals surface area contributed by atoms with E-state index in [1.807, 2.05) is 38.1 Å². The number of furan rings is 1. The van der Waals surface area contributed by atoms with Crippen LogP contribution in [-0.4, -0.2) is 13.1 Å². The molecule has 0 fully saturated rings. The molecule has 0 aliphatic carbocycles. The Hall–Kier alpha value is -1.77. The number of hydrogen-bond acceptors (Lipinski definition) is 3. The fourth-order valence-corrected chi connectivity index (χ4v) is 1.99. The molecule has 0 aliphatic rings. The van der Waals surface area contributed by atoms with Gasteiger partial charge in [0.05, 0.1) is 18.8 Å². The van der Waals surface area contributed by atoms with Crippen LogP contribution in [0.2, 0.25) is 0 Å². The summed E-state index contributed by atoms with van der Waals surface area (Å²) in [6, 6.07) is 7.82. The first kappa shape index (κ1) is 11.7. The third kappa shape index (κ3) is 2.18. The van der Waals surface area contributed by atoms with E-state index < -0.39 is 5.41 Å². The number of rotatable bonds is 3. The Labute approximate surface area is 100 Å². The summed E-state index contributed by atoms with van der Waals surface area (Å²) in [7, 11) is 1.41. The summed E-state index contributed by atoms with van der Waals surface area (Å²) < 4.78 is 10.3. The van der Waals surface area contributed by atoms with Crippen molar-refractivity contribution in [2.45, 2.75) is 20.3 Å². The van der Waals surface area contributed by atoms with Crippen LogP contribution in [0.1, 0.15) is 19.4 Å². The monoisotopic (exact) mass is 232 g/mol. The first-order chi connectivity index (χ1) is 8.04. The molecule has 0 spiro atoms. The van der Waals surface area contributed by atoms with Gasteiger partial charge in [0.1, 0.15) is 5.58 Å². The van der Waals surface area contributed by atoms with Crippen molar-refractivity contribution in [2.24, 2.45) is 5.41 Å². The number of esters is 1. The molecule has 1 aromatic carbocycles. The number of carbonyl (C=O) groups is 1. The molecule has 90 valence electrons. The summed E-state index contributed by atoms with van der Waals surface area (Å²) in [6.07, 6.45) is 2.33. The van der Waals surface area contributed by atoms with E-state index in [9.17, 15) is 4.79 Å². The van der Waals surface area contributed by atoms with Crippen molar-refractivity contribution in [1.82, 2.24) is 0 Å². The zero-order valence-electron chi connectivity index (χ0n) is 10.3. The van der Waals surface area contributed by atoms with Gasteiger partial charge >= 0.3 is 5.97 Å². The first-order valence-electron chi connectivity index (χ1n) is 5.58. The van der Waals surface area contributed by atoms with E-state index >= 15 is 0 Å². The Morgan fingerprint density at radius 1 is 1.35 bits per heavy atom. The SMILES string of the molecule is COC(=O)C(C)(C)Cc1coc2ccccc12. The average molecular weight is 232 g/mol. The lowest BCUT2D eigenvalue weighted by molar-refractivity contribution is -0.150. The fourth-order valence-electron chi connectivity index (χ4n) is 1.99. The molecule has 0 saturated carbocycles. The van der Waals surface area contributed by atoms with Crippen LogP contribution in [0.15, 0.2) is 34.9 Å². The summed E-state index contributed by atoms with van der Waals surface area (Å²) in [6.45, 7) is 3.75. The molecule has 2 rings (SSSR count). The van der Waals surface area contributed by atoms with E-state index in [-0.39, 0.29) is 5.97 Å². The quantitative estimate of drug-likeness (QED) is 0.763. The van der Waals surface area contributed by atoms with Crippen LogP contribution in [0.5, 0.6) is 0 Å². The minimum Gasteiger partial charge on any atom is -0.469 e. The van der Waals surface area contributed by atoms with Crippen LogP contribution in [0.4, 0.5) is 0 Å². The predicted molar refractivity (Wildman–Crippen MR) is 65.7 cm³/mol. The minimum atomic E-state index is -0.540. The fraction of sp³-hybridized carbons (Fsp3) is 0.357. The molecule has 0 bridgehead atoms. The predicted octanol–water partition coefficient (Wildman–Crippen LogP) is 3.17. The number of fused-ring (bicyclic) bond motifs is 1. The molecule has 17 heavy (non-hydrogen) atoms. The molecule has 0 N–H and O–H groups in total. The third-order valence-corrected chi connectivity index (χ3v) is 2.93. The number of carbonyl (C=O) groups excluding carboxylic acids is 1. The molecule has 0 radical (unpaired) electrons. The van der Waals surface area contributed by atoms with Crippen molar-refractivity contribution < 1.29 is 13.9 Å². The van der Waals surface area contributed by atoms with Crippen molar-refractivity contribution >= 4 is 16.9 Å². The van der Waals surface area contributed by atoms with Gasteiger partial charge in [-0.15, -0.1) is 0 Å². The van der Waals surface area contributed by atoms with Gasteiger partial charge in [0.2, 0.25) is 0 Å². The maximum absolute atomic E-state index is 11.6. The highest BCUT2D eigenvalue weighted by Crippen LogP contribution is 2.29. The molecule has 1 aromatic heterocycles. The Morgan fingerprint density at radius 3 is 2.76 bits per heavy atom. The lowest BCUT2D eigenvalue weighted by Gasteiger charge is -2.20. The largest absolute Gasteiger partial charge is 0.469 e. The molecule has 3 heteroatoms. The second-order valence-corrected chi connectivity index (χ2v) is 4.81. The minimum absolute atomic E-state index is 0.206. The second kappa shape index (κ2) is 4.24. The van der Waals surface area contributed by atoms with Crippen LogP contribution >= 0.6 is 0 Å². The van der Waals surface area contributed by atoms with Crippen LogP contribution in [0, 0.1) is 5.41 Å². The van der Waals surface area contributed by atoms with Crippen molar-refractivity contribution in [2.75, 3.05) is 7.11 Å². The summed E-state index contributed by atoms with van der Waals surface area (Å²) >= 11 is 0. The molecular formula is C14H16O3. The van der Waals surface area contributed by atoms with Gasteiger partial charge in [0.15, 0.2) is 0 Å². The maximum Gasteiger partial charge on any atom is 0.311 e. The lowest BCUT2D eigenvalue weighted by atomic mass is 9.86. The molecule has 3 nitrogen and oxygen atoms in total. The van der Waals surface area contributed by atoms with E-state index in [0.29, 0.717) is 6.42 Å². The van der Waals surface area contributed by atoms with E-state index in [2.05, 4.69) is 0 Å². The molecule has 0 aliphatic heterocycles. The van der Waals surface area contributed by atoms with Crippen molar-refractivity contribution in [3.63, 3.8) is 0 Å². The van der Waals surface area contributed by atoms with Gasteiger partial charge in [-0.25, -0.2) is 0 Å². The highest BCUT2D eigenvalue weighted by Gasteiger charge is 2.30. The summed E-state index contributed by atoms with van der Waals surface area (Å²) in [5.74, 6) is -0.206.